The molecule has 0 aliphatic rings. The maximum absolute atomic E-state index is 10.8. The molecule has 0 saturated heterocycles. The molecule has 0 aromatic heterocycles. The topological polar surface area (TPSA) is 50.1 Å². The van der Waals surface area contributed by atoms with E-state index >= 15 is 0 Å². The van der Waals surface area contributed by atoms with Gasteiger partial charge in [0.05, 0.1) is 0 Å². The van der Waals surface area contributed by atoms with E-state index in [0.717, 1.165) is 10.8 Å². The maximum atomic E-state index is 10.8. The SMILES string of the molecule is N#CC(=O)Oc1cccc2ccccc12. The van der Waals surface area contributed by atoms with Gasteiger partial charge in [0.1, 0.15) is 5.75 Å². The number of rotatable bonds is 1. The van der Waals surface area contributed by atoms with Crippen LogP contribution in [0.5, 0.6) is 5.75 Å². The Morgan fingerprint density at radius 1 is 1.13 bits per heavy atom. The largest absolute Gasteiger partial charge is 0.416 e. The van der Waals surface area contributed by atoms with Gasteiger partial charge in [0.2, 0.25) is 0 Å². The summed E-state index contributed by atoms with van der Waals surface area (Å²) >= 11 is 0. The van der Waals surface area contributed by atoms with Gasteiger partial charge in [-0.3, -0.25) is 0 Å². The van der Waals surface area contributed by atoms with Gasteiger partial charge in [-0.1, -0.05) is 36.4 Å². The molecule has 0 spiro atoms. The van der Waals surface area contributed by atoms with E-state index in [0.29, 0.717) is 5.75 Å². The highest BCUT2D eigenvalue weighted by molar-refractivity contribution is 5.93. The molecule has 0 atom stereocenters. The minimum atomic E-state index is -0.897. The molecule has 0 N–H and O–H groups in total. The summed E-state index contributed by atoms with van der Waals surface area (Å²) in [6.45, 7) is 0. The number of carbonyl (C=O) groups is 1. The molecule has 0 radical (unpaired) electrons. The molecule has 0 heterocycles. The Labute approximate surface area is 86.5 Å². The molecule has 3 nitrogen and oxygen atoms in total. The lowest BCUT2D eigenvalue weighted by Crippen LogP contribution is -2.03. The third-order valence-corrected chi connectivity index (χ3v) is 2.04. The molecular formula is C12H7NO2. The fourth-order valence-corrected chi connectivity index (χ4v) is 1.41. The second-order valence-corrected chi connectivity index (χ2v) is 2.98. The summed E-state index contributed by atoms with van der Waals surface area (Å²) in [5, 5.41) is 10.1. The van der Waals surface area contributed by atoms with Crippen LogP contribution in [0.1, 0.15) is 0 Å². The first-order valence-electron chi connectivity index (χ1n) is 4.41. The zero-order valence-electron chi connectivity index (χ0n) is 7.81. The summed E-state index contributed by atoms with van der Waals surface area (Å²) in [6, 6.07) is 14.3. The van der Waals surface area contributed by atoms with E-state index < -0.39 is 5.97 Å². The number of esters is 1. The van der Waals surface area contributed by atoms with Crippen molar-refractivity contribution in [1.29, 1.82) is 5.26 Å². The summed E-state index contributed by atoms with van der Waals surface area (Å²) in [5.74, 6) is -0.481. The standard InChI is InChI=1S/C12H7NO2/c13-8-12(14)15-11-7-3-5-9-4-1-2-6-10(9)11/h1-7H. The smallest absolute Gasteiger partial charge is 0.415 e. The molecule has 2 aromatic carbocycles. The van der Waals surface area contributed by atoms with Gasteiger partial charge in [0, 0.05) is 5.39 Å². The number of ether oxygens (including phenoxy) is 1. The first kappa shape index (κ1) is 9.22. The normalized spacial score (nSPS) is 9.53. The Hall–Kier alpha value is -2.34. The van der Waals surface area contributed by atoms with Crippen LogP contribution in [0.25, 0.3) is 10.8 Å². The van der Waals surface area contributed by atoms with Crippen LogP contribution in [-0.4, -0.2) is 5.97 Å². The summed E-state index contributed by atoms with van der Waals surface area (Å²) in [7, 11) is 0. The fourth-order valence-electron chi connectivity index (χ4n) is 1.41. The Bertz CT molecular complexity index is 550. The Balaban J connectivity index is 2.52. The first-order valence-corrected chi connectivity index (χ1v) is 4.41. The van der Waals surface area contributed by atoms with Crippen LogP contribution in [0.3, 0.4) is 0 Å². The highest BCUT2D eigenvalue weighted by Crippen LogP contribution is 2.24. The average Bonchev–Trinajstić information content (AvgIpc) is 2.29. The predicted octanol–water partition coefficient (Wildman–Crippen LogP) is 2.27. The number of fused-ring (bicyclic) bond motifs is 1. The number of nitrogens with zero attached hydrogens (tertiary/aromatic N) is 1. The van der Waals surface area contributed by atoms with Crippen molar-refractivity contribution in [2.24, 2.45) is 0 Å². The van der Waals surface area contributed by atoms with Crippen LogP contribution >= 0.6 is 0 Å². The average molecular weight is 197 g/mol. The van der Waals surface area contributed by atoms with Crippen molar-refractivity contribution in [3.8, 4) is 11.8 Å². The second kappa shape index (κ2) is 3.81. The third-order valence-electron chi connectivity index (χ3n) is 2.04. The van der Waals surface area contributed by atoms with Crippen molar-refractivity contribution in [2.75, 3.05) is 0 Å². The molecule has 0 bridgehead atoms. The van der Waals surface area contributed by atoms with Crippen LogP contribution < -0.4 is 4.74 Å². The first-order chi connectivity index (χ1) is 7.31. The van der Waals surface area contributed by atoms with Crippen molar-refractivity contribution in [3.63, 3.8) is 0 Å². The number of hydrogen-bond donors (Lipinski definition) is 0. The zero-order valence-corrected chi connectivity index (χ0v) is 7.81. The monoisotopic (exact) mass is 197 g/mol. The van der Waals surface area contributed by atoms with Gasteiger partial charge in [-0.05, 0) is 11.5 Å². The van der Waals surface area contributed by atoms with Crippen LogP contribution in [0.15, 0.2) is 42.5 Å². The Kier molecular flexibility index (Phi) is 2.34. The number of nitriles is 1. The molecule has 0 aliphatic heterocycles. The van der Waals surface area contributed by atoms with Crippen LogP contribution in [0.2, 0.25) is 0 Å². The van der Waals surface area contributed by atoms with E-state index in [1.807, 2.05) is 30.3 Å². The molecule has 0 saturated carbocycles. The summed E-state index contributed by atoms with van der Waals surface area (Å²) in [4.78, 5) is 10.8. The van der Waals surface area contributed by atoms with Crippen LogP contribution in [0.4, 0.5) is 0 Å². The molecule has 0 unspecified atom stereocenters. The van der Waals surface area contributed by atoms with Crippen molar-refractivity contribution in [1.82, 2.24) is 0 Å². The molecule has 0 aliphatic carbocycles. The molecular weight excluding hydrogens is 190 g/mol. The van der Waals surface area contributed by atoms with E-state index in [2.05, 4.69) is 0 Å². The van der Waals surface area contributed by atoms with Crippen molar-refractivity contribution in [3.05, 3.63) is 42.5 Å². The van der Waals surface area contributed by atoms with Gasteiger partial charge >= 0.3 is 5.97 Å². The van der Waals surface area contributed by atoms with Gasteiger partial charge in [-0.2, -0.15) is 5.26 Å². The molecule has 2 rings (SSSR count). The number of carbonyl (C=O) groups excluding carboxylic acids is 1. The molecule has 0 amide bonds. The molecule has 2 aromatic rings. The molecule has 3 heteroatoms. The zero-order chi connectivity index (χ0) is 10.7. The van der Waals surface area contributed by atoms with Gasteiger partial charge in [-0.15, -0.1) is 0 Å². The van der Waals surface area contributed by atoms with Gasteiger partial charge in [0.25, 0.3) is 0 Å². The van der Waals surface area contributed by atoms with Crippen LogP contribution in [0, 0.1) is 11.3 Å². The predicted molar refractivity (Wildman–Crippen MR) is 55.2 cm³/mol. The lowest BCUT2D eigenvalue weighted by molar-refractivity contribution is -0.128. The highest BCUT2D eigenvalue weighted by atomic mass is 16.5. The van der Waals surface area contributed by atoms with Crippen molar-refractivity contribution >= 4 is 16.7 Å². The molecule has 72 valence electrons. The minimum absolute atomic E-state index is 0.416. The molecule has 0 fully saturated rings. The fraction of sp³-hybridized carbons (Fsp3) is 0. The summed E-state index contributed by atoms with van der Waals surface area (Å²) < 4.78 is 4.88. The summed E-state index contributed by atoms with van der Waals surface area (Å²) in [6.07, 6.45) is 0. The van der Waals surface area contributed by atoms with E-state index in [1.54, 1.807) is 12.1 Å². The lowest BCUT2D eigenvalue weighted by atomic mass is 10.1. The minimum Gasteiger partial charge on any atom is -0.415 e. The Morgan fingerprint density at radius 3 is 2.67 bits per heavy atom. The molecule has 15 heavy (non-hydrogen) atoms. The number of benzene rings is 2. The van der Waals surface area contributed by atoms with E-state index in [1.165, 1.54) is 6.07 Å². The van der Waals surface area contributed by atoms with Crippen molar-refractivity contribution in [2.45, 2.75) is 0 Å². The van der Waals surface area contributed by atoms with Crippen molar-refractivity contribution < 1.29 is 9.53 Å². The van der Waals surface area contributed by atoms with E-state index in [9.17, 15) is 4.79 Å². The van der Waals surface area contributed by atoms with Crippen LogP contribution in [-0.2, 0) is 4.79 Å². The Morgan fingerprint density at radius 2 is 1.87 bits per heavy atom. The number of hydrogen-bond acceptors (Lipinski definition) is 3. The van der Waals surface area contributed by atoms with E-state index in [4.69, 9.17) is 10.00 Å². The van der Waals surface area contributed by atoms with Gasteiger partial charge in [-0.25, -0.2) is 4.79 Å². The van der Waals surface area contributed by atoms with Gasteiger partial charge in [0.15, 0.2) is 6.07 Å². The van der Waals surface area contributed by atoms with Gasteiger partial charge < -0.3 is 4.74 Å². The lowest BCUT2D eigenvalue weighted by Gasteiger charge is -2.03. The maximum Gasteiger partial charge on any atom is 0.416 e. The summed E-state index contributed by atoms with van der Waals surface area (Å²) in [5.41, 5.74) is 0. The quantitative estimate of drug-likeness (QED) is 0.400. The highest BCUT2D eigenvalue weighted by Gasteiger charge is 2.05. The van der Waals surface area contributed by atoms with E-state index in [-0.39, 0.29) is 0 Å². The second-order valence-electron chi connectivity index (χ2n) is 2.98. The third kappa shape index (κ3) is 1.79.